The van der Waals surface area contributed by atoms with Gasteiger partial charge in [-0.1, -0.05) is 78.5 Å². The highest BCUT2D eigenvalue weighted by molar-refractivity contribution is 6.92. The molecule has 232 valence electrons. The predicted molar refractivity (Wildman–Crippen MR) is 208 cm³/mol. The van der Waals surface area contributed by atoms with Gasteiger partial charge in [0, 0.05) is 39.0 Å². The van der Waals surface area contributed by atoms with E-state index in [0.717, 1.165) is 55.3 Å². The molecule has 0 saturated carbocycles. The van der Waals surface area contributed by atoms with Gasteiger partial charge in [-0.25, -0.2) is 4.98 Å². The zero-order valence-electron chi connectivity index (χ0n) is 27.1. The highest BCUT2D eigenvalue weighted by Crippen LogP contribution is 2.39. The van der Waals surface area contributed by atoms with E-state index in [4.69, 9.17) is 9.40 Å². The number of hydrogen-bond donors (Lipinski definition) is 0. The first-order valence-electron chi connectivity index (χ1n) is 17.2. The highest BCUT2D eigenvalue weighted by atomic mass is 16.3. The molecule has 6 aromatic rings. The molecule has 8 heterocycles. The Bertz CT molecular complexity index is 2560. The Morgan fingerprint density at radius 1 is 0.560 bits per heavy atom. The van der Waals surface area contributed by atoms with Crippen LogP contribution in [0.25, 0.3) is 55.1 Å². The maximum absolute atomic E-state index is 6.72. The lowest BCUT2D eigenvalue weighted by atomic mass is 9.41. The van der Waals surface area contributed by atoms with Crippen LogP contribution in [0.4, 0.5) is 0 Å². The van der Waals surface area contributed by atoms with Gasteiger partial charge in [0.15, 0.2) is 0 Å². The maximum Gasteiger partial charge on any atom is 0.381 e. The third-order valence-electron chi connectivity index (χ3n) is 10.6. The molecule has 11 heteroatoms. The van der Waals surface area contributed by atoms with Crippen molar-refractivity contribution in [3.05, 3.63) is 176 Å². The van der Waals surface area contributed by atoms with Crippen LogP contribution >= 0.6 is 0 Å². The van der Waals surface area contributed by atoms with Crippen molar-refractivity contribution in [3.8, 4) is 5.69 Å². The second kappa shape index (κ2) is 10.6. The van der Waals surface area contributed by atoms with Crippen molar-refractivity contribution < 1.29 is 4.42 Å². The summed E-state index contributed by atoms with van der Waals surface area (Å²) in [4.78, 5) is 4.81. The van der Waals surface area contributed by atoms with Gasteiger partial charge in [0.2, 0.25) is 0 Å². The number of para-hydroxylation sites is 2. The van der Waals surface area contributed by atoms with Crippen molar-refractivity contribution in [2.24, 2.45) is 0 Å². The van der Waals surface area contributed by atoms with Crippen LogP contribution in [0.1, 0.15) is 5.56 Å². The Balaban J connectivity index is 1.05. The van der Waals surface area contributed by atoms with E-state index in [1.54, 1.807) is 0 Å². The molecule has 1 fully saturated rings. The summed E-state index contributed by atoms with van der Waals surface area (Å²) in [6, 6.07) is 25.7. The summed E-state index contributed by atoms with van der Waals surface area (Å²) < 4.78 is 18.8. The first-order chi connectivity index (χ1) is 24.8. The molecule has 0 atom stereocenters. The Kier molecular flexibility index (Phi) is 5.90. The summed E-state index contributed by atoms with van der Waals surface area (Å²) in [6.45, 7) is 0.124. The smallest absolute Gasteiger partial charge is 0.381 e. The van der Waals surface area contributed by atoms with Gasteiger partial charge in [0.1, 0.15) is 16.8 Å². The molecule has 5 aliphatic rings. The Labute approximate surface area is 290 Å². The fourth-order valence-electron chi connectivity index (χ4n) is 8.43. The standard InChI is InChI=1S/C39H28B4N6O/c1-2-15-36-32(11-1)34-14-10-22-44-39(34)49(36)30-16-17-37-35(27-30)33-13-9-12-31(38(33)50-37)29-18-26-48-42-21-4-7-24-46(42)40-19-3-6-23-45(40)41-20-5-8-25-47(41)43(48)28-29/h1-28H. The first kappa shape index (κ1) is 27.7. The first-order valence-corrected chi connectivity index (χ1v) is 17.2. The normalized spacial score (nSPS) is 17.6. The fourth-order valence-corrected chi connectivity index (χ4v) is 8.43. The third kappa shape index (κ3) is 3.94. The summed E-state index contributed by atoms with van der Waals surface area (Å²) in [5.74, 6) is 9.24. The molecule has 0 amide bonds. The highest BCUT2D eigenvalue weighted by Gasteiger charge is 2.49. The fraction of sp³-hybridized carbons (Fsp3) is 0. The third-order valence-corrected chi connectivity index (χ3v) is 10.6. The molecule has 0 N–H and O–H groups in total. The predicted octanol–water partition coefficient (Wildman–Crippen LogP) is 7.57. The van der Waals surface area contributed by atoms with Gasteiger partial charge in [-0.2, -0.15) is 0 Å². The van der Waals surface area contributed by atoms with Crippen LogP contribution in [0.3, 0.4) is 0 Å². The molecule has 0 radical (unpaired) electrons. The number of benzene rings is 3. The summed E-state index contributed by atoms with van der Waals surface area (Å²) >= 11 is 0. The molecule has 11 rings (SSSR count). The van der Waals surface area contributed by atoms with Crippen LogP contribution in [0.2, 0.25) is 0 Å². The molecule has 0 bridgehead atoms. The van der Waals surface area contributed by atoms with Crippen molar-refractivity contribution >= 4 is 77.4 Å². The van der Waals surface area contributed by atoms with E-state index in [0.29, 0.717) is 0 Å². The zero-order chi connectivity index (χ0) is 32.8. The van der Waals surface area contributed by atoms with E-state index in [-0.39, 0.29) is 27.9 Å². The number of hydrogen-bond acceptors (Lipinski definition) is 6. The van der Waals surface area contributed by atoms with E-state index < -0.39 is 0 Å². The van der Waals surface area contributed by atoms with Crippen molar-refractivity contribution in [1.29, 1.82) is 0 Å². The number of nitrogens with zero attached hydrogens (tertiary/aromatic N) is 6. The second-order valence-electron chi connectivity index (χ2n) is 13.3. The Hall–Kier alpha value is -6.21. The van der Waals surface area contributed by atoms with Crippen molar-refractivity contribution in [2.45, 2.75) is 0 Å². The zero-order valence-corrected chi connectivity index (χ0v) is 27.1. The van der Waals surface area contributed by atoms with Gasteiger partial charge < -0.3 is 23.3 Å². The number of furan rings is 1. The van der Waals surface area contributed by atoms with Crippen molar-refractivity contribution in [3.63, 3.8) is 0 Å². The lowest BCUT2D eigenvalue weighted by molar-refractivity contribution is 0.622. The quantitative estimate of drug-likeness (QED) is 0.182. The monoisotopic (exact) mass is 640 g/mol. The van der Waals surface area contributed by atoms with Crippen LogP contribution in [0.15, 0.2) is 175 Å². The molecular formula is C39H28B4N6O. The van der Waals surface area contributed by atoms with Crippen LogP contribution in [0.5, 0.6) is 0 Å². The average molecular weight is 640 g/mol. The molecule has 5 aliphatic heterocycles. The average Bonchev–Trinajstić information content (AvgIpc) is 3.73. The summed E-state index contributed by atoms with van der Waals surface area (Å²) in [6.07, 6.45) is 25.9. The molecule has 1 saturated heterocycles. The topological polar surface area (TPSA) is 43.9 Å². The maximum atomic E-state index is 6.72. The van der Waals surface area contributed by atoms with E-state index in [9.17, 15) is 0 Å². The van der Waals surface area contributed by atoms with Crippen LogP contribution in [0, 0.1) is 0 Å². The van der Waals surface area contributed by atoms with E-state index in [1.807, 2.05) is 12.3 Å². The summed E-state index contributed by atoms with van der Waals surface area (Å²) in [5.41, 5.74) is 7.13. The van der Waals surface area contributed by atoms with Crippen molar-refractivity contribution in [2.75, 3.05) is 0 Å². The minimum Gasteiger partial charge on any atom is -0.455 e. The van der Waals surface area contributed by atoms with Crippen LogP contribution in [-0.2, 0) is 0 Å². The molecule has 0 aliphatic carbocycles. The largest absolute Gasteiger partial charge is 0.455 e. The number of rotatable bonds is 2. The van der Waals surface area contributed by atoms with Gasteiger partial charge in [0.25, 0.3) is 0 Å². The lowest BCUT2D eigenvalue weighted by Gasteiger charge is -2.53. The molecule has 0 unspecified atom stereocenters. The SMILES string of the molecule is C1=CB2N(C=C1)B1C=CC=CN1B1C=C(c3cccc4c3oc3ccc(-n5c6ccccc6c6cccnc65)cc34)C=CN1B1C=CC=CN21. The van der Waals surface area contributed by atoms with E-state index in [1.165, 1.54) is 5.39 Å². The number of pyridine rings is 1. The van der Waals surface area contributed by atoms with Crippen LogP contribution in [-0.4, -0.2) is 56.4 Å². The molecular weight excluding hydrogens is 612 g/mol. The molecule has 0 spiro atoms. The summed E-state index contributed by atoms with van der Waals surface area (Å²) in [7, 11) is 0. The number of allylic oxidation sites excluding steroid dienone is 8. The second-order valence-corrected chi connectivity index (χ2v) is 13.3. The van der Waals surface area contributed by atoms with Crippen molar-refractivity contribution in [1.82, 2.24) is 28.4 Å². The summed E-state index contributed by atoms with van der Waals surface area (Å²) in [5, 5.41) is 4.53. The Morgan fingerprint density at radius 2 is 1.24 bits per heavy atom. The number of fused-ring (bicyclic) bond motifs is 14. The Morgan fingerprint density at radius 3 is 2.02 bits per heavy atom. The molecule has 7 nitrogen and oxygen atoms in total. The number of aromatic nitrogens is 2. The van der Waals surface area contributed by atoms with Gasteiger partial charge in [-0.05, 0) is 91.1 Å². The van der Waals surface area contributed by atoms with E-state index >= 15 is 0 Å². The minimum atomic E-state index is -0.0425. The molecule has 3 aromatic carbocycles. The lowest BCUT2D eigenvalue weighted by Crippen LogP contribution is -2.73. The molecule has 3 aromatic heterocycles. The van der Waals surface area contributed by atoms with E-state index in [2.05, 4.69) is 181 Å². The molecule has 50 heavy (non-hydrogen) atoms. The minimum absolute atomic E-state index is 0.0405. The van der Waals surface area contributed by atoms with Gasteiger partial charge in [0.05, 0.1) is 5.52 Å². The van der Waals surface area contributed by atoms with Gasteiger partial charge in [-0.3, -0.25) is 4.57 Å². The van der Waals surface area contributed by atoms with Gasteiger partial charge in [-0.15, -0.1) is 0 Å². The van der Waals surface area contributed by atoms with Gasteiger partial charge >= 0.3 is 27.9 Å². The van der Waals surface area contributed by atoms with Crippen LogP contribution < -0.4 is 0 Å².